The fourth-order valence-corrected chi connectivity index (χ4v) is 2.13. The van der Waals surface area contributed by atoms with Crippen LogP contribution in [0.15, 0.2) is 30.3 Å². The van der Waals surface area contributed by atoms with Crippen LogP contribution < -0.4 is 10.6 Å². The molecule has 1 aromatic rings. The van der Waals surface area contributed by atoms with E-state index in [2.05, 4.69) is 10.6 Å². The van der Waals surface area contributed by atoms with Crippen LogP contribution in [-0.2, 0) is 20.9 Å². The lowest BCUT2D eigenvalue weighted by molar-refractivity contribution is -0.127. The number of benzene rings is 1. The molecular formula is C14H21ClN2O3. The number of ether oxygens (including phenoxy) is 2. The Balaban J connectivity index is 0.00000200. The molecule has 1 amide bonds. The largest absolute Gasteiger partial charge is 0.378 e. The van der Waals surface area contributed by atoms with Gasteiger partial charge in [0.2, 0.25) is 5.91 Å². The fraction of sp³-hybridized carbons (Fsp3) is 0.500. The Hall–Kier alpha value is -1.14. The van der Waals surface area contributed by atoms with Crippen LogP contribution in [0.3, 0.4) is 0 Å². The van der Waals surface area contributed by atoms with Gasteiger partial charge in [0.05, 0.1) is 18.8 Å². The number of hydrogen-bond acceptors (Lipinski definition) is 4. The lowest BCUT2D eigenvalue weighted by Crippen LogP contribution is -2.44. The predicted molar refractivity (Wildman–Crippen MR) is 78.9 cm³/mol. The van der Waals surface area contributed by atoms with Gasteiger partial charge in [-0.3, -0.25) is 4.79 Å². The quantitative estimate of drug-likeness (QED) is 0.813. The van der Waals surface area contributed by atoms with E-state index in [0.29, 0.717) is 6.61 Å². The highest BCUT2D eigenvalue weighted by Crippen LogP contribution is 2.04. The minimum Gasteiger partial charge on any atom is -0.378 e. The van der Waals surface area contributed by atoms with Crippen molar-refractivity contribution in [3.63, 3.8) is 0 Å². The standard InChI is InChI=1S/C14H20N2O3.ClH/c1-18-13-8-15-7-12(13)16-14(17)10-19-9-11-5-3-2-4-6-11;/h2-6,12-13,15H,7-10H2,1H3,(H,16,17);1H/t12-,13-;/m0./s1. The number of carbonyl (C=O) groups is 1. The summed E-state index contributed by atoms with van der Waals surface area (Å²) in [6.45, 7) is 2.03. The number of rotatable bonds is 6. The van der Waals surface area contributed by atoms with E-state index in [1.165, 1.54) is 0 Å². The van der Waals surface area contributed by atoms with Crippen molar-refractivity contribution in [2.75, 3.05) is 26.8 Å². The van der Waals surface area contributed by atoms with Crippen molar-refractivity contribution in [2.24, 2.45) is 0 Å². The van der Waals surface area contributed by atoms with Crippen molar-refractivity contribution in [3.05, 3.63) is 35.9 Å². The van der Waals surface area contributed by atoms with Crippen LogP contribution in [0.25, 0.3) is 0 Å². The zero-order chi connectivity index (χ0) is 13.5. The summed E-state index contributed by atoms with van der Waals surface area (Å²) in [5.41, 5.74) is 1.06. The van der Waals surface area contributed by atoms with Crippen LogP contribution in [0.1, 0.15) is 5.56 Å². The minimum absolute atomic E-state index is 0. The van der Waals surface area contributed by atoms with Gasteiger partial charge in [0, 0.05) is 20.2 Å². The van der Waals surface area contributed by atoms with Crippen LogP contribution >= 0.6 is 12.4 Å². The molecule has 1 aromatic carbocycles. The van der Waals surface area contributed by atoms with Gasteiger partial charge < -0.3 is 20.1 Å². The number of amides is 1. The summed E-state index contributed by atoms with van der Waals surface area (Å²) in [6.07, 6.45) is 0.0399. The van der Waals surface area contributed by atoms with Crippen LogP contribution in [0, 0.1) is 0 Å². The van der Waals surface area contributed by atoms with Crippen molar-refractivity contribution >= 4 is 18.3 Å². The van der Waals surface area contributed by atoms with E-state index in [0.717, 1.165) is 18.7 Å². The SMILES string of the molecule is CO[C@H]1CNC[C@@H]1NC(=O)COCc1ccccc1.Cl. The van der Waals surface area contributed by atoms with E-state index in [1.54, 1.807) is 7.11 Å². The molecule has 112 valence electrons. The van der Waals surface area contributed by atoms with Crippen molar-refractivity contribution in [1.29, 1.82) is 0 Å². The molecule has 0 aromatic heterocycles. The third-order valence-electron chi connectivity index (χ3n) is 3.15. The summed E-state index contributed by atoms with van der Waals surface area (Å²) >= 11 is 0. The molecule has 1 fully saturated rings. The van der Waals surface area contributed by atoms with E-state index in [-0.39, 0.29) is 37.1 Å². The molecule has 0 aliphatic carbocycles. The van der Waals surface area contributed by atoms with Gasteiger partial charge >= 0.3 is 0 Å². The van der Waals surface area contributed by atoms with Crippen molar-refractivity contribution < 1.29 is 14.3 Å². The first-order chi connectivity index (χ1) is 9.29. The maximum atomic E-state index is 11.7. The molecule has 1 heterocycles. The molecule has 0 bridgehead atoms. The van der Waals surface area contributed by atoms with Gasteiger partial charge in [0.1, 0.15) is 6.61 Å². The first kappa shape index (κ1) is 16.9. The number of nitrogens with one attached hydrogen (secondary N) is 2. The van der Waals surface area contributed by atoms with Gasteiger partial charge in [0.25, 0.3) is 0 Å². The summed E-state index contributed by atoms with van der Waals surface area (Å²) in [7, 11) is 1.66. The van der Waals surface area contributed by atoms with E-state index >= 15 is 0 Å². The van der Waals surface area contributed by atoms with Crippen LogP contribution in [0.2, 0.25) is 0 Å². The molecule has 0 spiro atoms. The van der Waals surface area contributed by atoms with Gasteiger partial charge in [-0.15, -0.1) is 12.4 Å². The third-order valence-corrected chi connectivity index (χ3v) is 3.15. The Morgan fingerprint density at radius 3 is 2.80 bits per heavy atom. The van der Waals surface area contributed by atoms with E-state index in [4.69, 9.17) is 9.47 Å². The molecular weight excluding hydrogens is 280 g/mol. The van der Waals surface area contributed by atoms with Crippen molar-refractivity contribution in [2.45, 2.75) is 18.8 Å². The Kier molecular flexibility index (Phi) is 7.54. The topological polar surface area (TPSA) is 59.6 Å². The Morgan fingerprint density at radius 1 is 1.35 bits per heavy atom. The Bertz CT molecular complexity index is 403. The van der Waals surface area contributed by atoms with Crippen molar-refractivity contribution in [1.82, 2.24) is 10.6 Å². The molecule has 1 aliphatic heterocycles. The van der Waals surface area contributed by atoms with Crippen LogP contribution in [0.4, 0.5) is 0 Å². The second kappa shape index (κ2) is 8.92. The summed E-state index contributed by atoms with van der Waals surface area (Å²) in [6, 6.07) is 9.82. The summed E-state index contributed by atoms with van der Waals surface area (Å²) < 4.78 is 10.7. The second-order valence-corrected chi connectivity index (χ2v) is 4.58. The number of halogens is 1. The van der Waals surface area contributed by atoms with Gasteiger partial charge in [-0.25, -0.2) is 0 Å². The molecule has 0 radical (unpaired) electrons. The maximum Gasteiger partial charge on any atom is 0.246 e. The molecule has 6 heteroatoms. The minimum atomic E-state index is -0.105. The number of hydrogen-bond donors (Lipinski definition) is 2. The highest BCUT2D eigenvalue weighted by Gasteiger charge is 2.27. The van der Waals surface area contributed by atoms with Crippen LogP contribution in [-0.4, -0.2) is 44.9 Å². The maximum absolute atomic E-state index is 11.7. The summed E-state index contributed by atoms with van der Waals surface area (Å²) in [5, 5.41) is 6.09. The van der Waals surface area contributed by atoms with E-state index < -0.39 is 0 Å². The zero-order valence-corrected chi connectivity index (χ0v) is 12.3. The highest BCUT2D eigenvalue weighted by atomic mass is 35.5. The normalized spacial score (nSPS) is 21.2. The third kappa shape index (κ3) is 5.09. The fourth-order valence-electron chi connectivity index (χ4n) is 2.13. The molecule has 1 aliphatic rings. The monoisotopic (exact) mass is 300 g/mol. The second-order valence-electron chi connectivity index (χ2n) is 4.58. The van der Waals surface area contributed by atoms with Gasteiger partial charge in [-0.2, -0.15) is 0 Å². The van der Waals surface area contributed by atoms with Gasteiger partial charge in [0.15, 0.2) is 0 Å². The first-order valence-corrected chi connectivity index (χ1v) is 6.44. The molecule has 0 unspecified atom stereocenters. The summed E-state index contributed by atoms with van der Waals surface area (Å²) in [5.74, 6) is -0.105. The molecule has 2 N–H and O–H groups in total. The van der Waals surface area contributed by atoms with Crippen molar-refractivity contribution in [3.8, 4) is 0 Å². The van der Waals surface area contributed by atoms with Gasteiger partial charge in [-0.1, -0.05) is 30.3 Å². The zero-order valence-electron chi connectivity index (χ0n) is 11.5. The molecule has 2 atom stereocenters. The van der Waals surface area contributed by atoms with E-state index in [1.807, 2.05) is 30.3 Å². The molecule has 20 heavy (non-hydrogen) atoms. The first-order valence-electron chi connectivity index (χ1n) is 6.44. The lowest BCUT2D eigenvalue weighted by atomic mass is 10.2. The summed E-state index contributed by atoms with van der Waals surface area (Å²) in [4.78, 5) is 11.7. The molecule has 1 saturated heterocycles. The Labute approximate surface area is 125 Å². The average Bonchev–Trinajstić information content (AvgIpc) is 2.87. The molecule has 5 nitrogen and oxygen atoms in total. The van der Waals surface area contributed by atoms with E-state index in [9.17, 15) is 4.79 Å². The number of methoxy groups -OCH3 is 1. The lowest BCUT2D eigenvalue weighted by Gasteiger charge is -2.18. The molecule has 0 saturated carbocycles. The van der Waals surface area contributed by atoms with Crippen LogP contribution in [0.5, 0.6) is 0 Å². The number of carbonyl (C=O) groups excluding carboxylic acids is 1. The van der Waals surface area contributed by atoms with Gasteiger partial charge in [-0.05, 0) is 5.56 Å². The average molecular weight is 301 g/mol. The highest BCUT2D eigenvalue weighted by molar-refractivity contribution is 5.85. The smallest absolute Gasteiger partial charge is 0.246 e. The Morgan fingerprint density at radius 2 is 2.10 bits per heavy atom. The predicted octanol–water partition coefficient (Wildman–Crippen LogP) is 0.728. The molecule has 2 rings (SSSR count).